The minimum atomic E-state index is -2.35. The molecule has 170 valence electrons. The SMILES string of the molecule is CCOC(=O)[C@@]1(F)[C@@H]2CC[C@@](NC(=O)[C@H](C)NC(=O)OC(C)(C)C)(C(=O)OCC)[C@@H]21. The Bertz CT molecular complexity index is 722. The van der Waals surface area contributed by atoms with Crippen molar-refractivity contribution in [3.05, 3.63) is 0 Å². The van der Waals surface area contributed by atoms with Crippen molar-refractivity contribution in [3.8, 4) is 0 Å². The van der Waals surface area contributed by atoms with Gasteiger partial charge in [-0.05, 0) is 54.4 Å². The summed E-state index contributed by atoms with van der Waals surface area (Å²) in [4.78, 5) is 49.6. The Kier molecular flexibility index (Phi) is 6.68. The molecule has 2 saturated carbocycles. The number of halogens is 1. The number of alkyl carbamates (subject to hydrolysis) is 1. The molecule has 0 aromatic heterocycles. The molecule has 2 fully saturated rings. The first-order valence-corrected chi connectivity index (χ1v) is 10.2. The molecule has 0 bridgehead atoms. The van der Waals surface area contributed by atoms with Crippen molar-refractivity contribution >= 4 is 23.9 Å². The number of alkyl halides is 1. The number of ether oxygens (including phenoxy) is 3. The number of nitrogens with one attached hydrogen (secondary N) is 2. The number of amides is 2. The van der Waals surface area contributed by atoms with Crippen LogP contribution in [0.15, 0.2) is 0 Å². The van der Waals surface area contributed by atoms with E-state index in [4.69, 9.17) is 14.2 Å². The summed E-state index contributed by atoms with van der Waals surface area (Å²) in [6.07, 6.45) is -0.471. The summed E-state index contributed by atoms with van der Waals surface area (Å²) in [5.74, 6) is -4.38. The van der Waals surface area contributed by atoms with Gasteiger partial charge in [-0.1, -0.05) is 0 Å². The van der Waals surface area contributed by atoms with Gasteiger partial charge in [0.15, 0.2) is 0 Å². The lowest BCUT2D eigenvalue weighted by Crippen LogP contribution is -2.61. The molecule has 5 atom stereocenters. The fourth-order valence-corrected chi connectivity index (χ4v) is 4.12. The van der Waals surface area contributed by atoms with Gasteiger partial charge in [0.2, 0.25) is 11.6 Å². The molecule has 30 heavy (non-hydrogen) atoms. The van der Waals surface area contributed by atoms with Crippen molar-refractivity contribution in [2.24, 2.45) is 11.8 Å². The molecule has 2 aliphatic rings. The van der Waals surface area contributed by atoms with Crippen molar-refractivity contribution in [2.45, 2.75) is 77.2 Å². The fourth-order valence-electron chi connectivity index (χ4n) is 4.12. The predicted molar refractivity (Wildman–Crippen MR) is 103 cm³/mol. The maximum atomic E-state index is 15.4. The van der Waals surface area contributed by atoms with Crippen LogP contribution in [0, 0.1) is 11.8 Å². The van der Waals surface area contributed by atoms with E-state index >= 15 is 4.39 Å². The van der Waals surface area contributed by atoms with Crippen LogP contribution in [0.3, 0.4) is 0 Å². The molecule has 0 aromatic rings. The minimum Gasteiger partial charge on any atom is -0.464 e. The van der Waals surface area contributed by atoms with Crippen molar-refractivity contribution in [2.75, 3.05) is 13.2 Å². The zero-order chi connectivity index (χ0) is 22.9. The number of fused-ring (bicyclic) bond motifs is 1. The lowest BCUT2D eigenvalue weighted by atomic mass is 9.88. The standard InChI is InChI=1S/C20H31FN2O7/c1-7-28-15(25)19(10-9-12-13(19)20(12,21)16(26)29-8-2)23-14(24)11(3)22-17(27)30-18(4,5)6/h11-13H,7-10H2,1-6H3,(H,22,27)(H,23,24)/t11-,12+,13+,19-,20+/m0/s1. The van der Waals surface area contributed by atoms with Crippen LogP contribution in [0.4, 0.5) is 9.18 Å². The molecular formula is C20H31FN2O7. The first-order chi connectivity index (χ1) is 13.8. The van der Waals surface area contributed by atoms with E-state index in [-0.39, 0.29) is 26.1 Å². The van der Waals surface area contributed by atoms with Crippen LogP contribution in [-0.2, 0) is 28.6 Å². The summed E-state index contributed by atoms with van der Waals surface area (Å²) >= 11 is 0. The van der Waals surface area contributed by atoms with Crippen LogP contribution in [0.25, 0.3) is 0 Å². The lowest BCUT2D eigenvalue weighted by Gasteiger charge is -2.33. The molecule has 9 nitrogen and oxygen atoms in total. The van der Waals surface area contributed by atoms with Gasteiger partial charge in [-0.25, -0.2) is 18.8 Å². The molecule has 2 N–H and O–H groups in total. The van der Waals surface area contributed by atoms with Crippen molar-refractivity contribution < 1.29 is 37.8 Å². The van der Waals surface area contributed by atoms with Crippen molar-refractivity contribution in [1.82, 2.24) is 10.6 Å². The molecule has 10 heteroatoms. The third kappa shape index (κ3) is 4.37. The highest BCUT2D eigenvalue weighted by Gasteiger charge is 2.83. The molecule has 0 spiro atoms. The molecule has 0 aromatic carbocycles. The maximum absolute atomic E-state index is 15.4. The van der Waals surface area contributed by atoms with Gasteiger partial charge < -0.3 is 24.8 Å². The summed E-state index contributed by atoms with van der Waals surface area (Å²) < 4.78 is 30.5. The van der Waals surface area contributed by atoms with Crippen molar-refractivity contribution in [3.63, 3.8) is 0 Å². The second-order valence-corrected chi connectivity index (χ2v) is 8.66. The van der Waals surface area contributed by atoms with Gasteiger partial charge in [0.25, 0.3) is 0 Å². The van der Waals surface area contributed by atoms with E-state index in [0.717, 1.165) is 0 Å². The quantitative estimate of drug-likeness (QED) is 0.465. The Morgan fingerprint density at radius 2 is 1.67 bits per heavy atom. The highest BCUT2D eigenvalue weighted by atomic mass is 19.1. The van der Waals surface area contributed by atoms with Gasteiger partial charge >= 0.3 is 18.0 Å². The summed E-state index contributed by atoms with van der Waals surface area (Å²) in [6, 6.07) is -1.07. The second-order valence-electron chi connectivity index (χ2n) is 8.66. The van der Waals surface area contributed by atoms with E-state index in [1.165, 1.54) is 6.92 Å². The number of hydrogen-bond acceptors (Lipinski definition) is 7. The Balaban J connectivity index is 2.19. The van der Waals surface area contributed by atoms with Gasteiger partial charge in [0, 0.05) is 11.8 Å². The van der Waals surface area contributed by atoms with Crippen LogP contribution in [0.5, 0.6) is 0 Å². The molecular weight excluding hydrogens is 399 g/mol. The molecule has 0 heterocycles. The average molecular weight is 430 g/mol. The first-order valence-electron chi connectivity index (χ1n) is 10.2. The average Bonchev–Trinajstić information content (AvgIpc) is 3.03. The molecule has 0 saturated heterocycles. The zero-order valence-corrected chi connectivity index (χ0v) is 18.3. The number of carbonyl (C=O) groups is 4. The third-order valence-corrected chi connectivity index (χ3v) is 5.37. The van der Waals surface area contributed by atoms with Gasteiger partial charge in [0.1, 0.15) is 17.2 Å². The van der Waals surface area contributed by atoms with E-state index in [1.807, 2.05) is 0 Å². The van der Waals surface area contributed by atoms with Crippen LogP contribution < -0.4 is 10.6 Å². The third-order valence-electron chi connectivity index (χ3n) is 5.37. The summed E-state index contributed by atoms with van der Waals surface area (Å²) in [6.45, 7) is 9.61. The highest BCUT2D eigenvalue weighted by molar-refractivity contribution is 5.96. The topological polar surface area (TPSA) is 120 Å². The van der Waals surface area contributed by atoms with Gasteiger partial charge in [0.05, 0.1) is 13.2 Å². The second kappa shape index (κ2) is 8.39. The predicted octanol–water partition coefficient (Wildman–Crippen LogP) is 1.63. The van der Waals surface area contributed by atoms with Gasteiger partial charge in [-0.15, -0.1) is 0 Å². The normalized spacial score (nSPS) is 30.5. The van der Waals surface area contributed by atoms with E-state index in [1.54, 1.807) is 34.6 Å². The van der Waals surface area contributed by atoms with Crippen LogP contribution >= 0.6 is 0 Å². The molecule has 2 rings (SSSR count). The maximum Gasteiger partial charge on any atom is 0.408 e. The number of hydrogen-bond donors (Lipinski definition) is 2. The molecule has 2 aliphatic carbocycles. The van der Waals surface area contributed by atoms with E-state index in [0.29, 0.717) is 0 Å². The van der Waals surface area contributed by atoms with Gasteiger partial charge in [-0.2, -0.15) is 0 Å². The monoisotopic (exact) mass is 430 g/mol. The Labute approximate surface area is 175 Å². The van der Waals surface area contributed by atoms with Crippen LogP contribution in [0.2, 0.25) is 0 Å². The first kappa shape index (κ1) is 23.9. The van der Waals surface area contributed by atoms with Crippen LogP contribution in [0.1, 0.15) is 54.4 Å². The van der Waals surface area contributed by atoms with E-state index in [9.17, 15) is 19.2 Å². The number of esters is 2. The number of rotatable bonds is 7. The summed E-state index contributed by atoms with van der Waals surface area (Å²) in [7, 11) is 0. The molecule has 2 amide bonds. The Hall–Kier alpha value is -2.39. The fraction of sp³-hybridized carbons (Fsp3) is 0.800. The smallest absolute Gasteiger partial charge is 0.408 e. The largest absolute Gasteiger partial charge is 0.464 e. The Morgan fingerprint density at radius 1 is 1.10 bits per heavy atom. The van der Waals surface area contributed by atoms with Crippen LogP contribution in [-0.4, -0.2) is 60.0 Å². The minimum absolute atomic E-state index is 0.000445. The van der Waals surface area contributed by atoms with E-state index < -0.39 is 58.6 Å². The van der Waals surface area contributed by atoms with Gasteiger partial charge in [-0.3, -0.25) is 4.79 Å². The zero-order valence-electron chi connectivity index (χ0n) is 18.3. The highest BCUT2D eigenvalue weighted by Crippen LogP contribution is 2.67. The molecule has 0 radical (unpaired) electrons. The summed E-state index contributed by atoms with van der Waals surface area (Å²) in [5.41, 5.74) is -4.81. The number of carbonyl (C=O) groups excluding carboxylic acids is 4. The van der Waals surface area contributed by atoms with E-state index in [2.05, 4.69) is 10.6 Å². The van der Waals surface area contributed by atoms with Crippen molar-refractivity contribution in [1.29, 1.82) is 0 Å². The lowest BCUT2D eigenvalue weighted by molar-refractivity contribution is -0.159. The summed E-state index contributed by atoms with van der Waals surface area (Å²) in [5, 5.41) is 4.94. The molecule has 0 unspecified atom stereocenters. The Morgan fingerprint density at radius 3 is 2.20 bits per heavy atom. The molecule has 0 aliphatic heterocycles.